The summed E-state index contributed by atoms with van der Waals surface area (Å²) < 4.78 is 30.7. The summed E-state index contributed by atoms with van der Waals surface area (Å²) >= 11 is 0. The molecule has 1 aromatic heterocycles. The standard InChI is InChI=1S/C12H13NO4S/c1-2-7-13(8-10-3-4-10)18(15,16)12-6-5-11(9-14)17-12/h1,5-6,9-10H,3-4,7-8H2. The van der Waals surface area contributed by atoms with Gasteiger partial charge in [0.05, 0.1) is 6.54 Å². The number of rotatable bonds is 6. The summed E-state index contributed by atoms with van der Waals surface area (Å²) in [6, 6.07) is 2.60. The summed E-state index contributed by atoms with van der Waals surface area (Å²) in [7, 11) is -3.74. The highest BCUT2D eigenvalue weighted by Gasteiger charge is 2.33. The van der Waals surface area contributed by atoms with Gasteiger partial charge in [0.2, 0.25) is 5.09 Å². The topological polar surface area (TPSA) is 67.6 Å². The minimum absolute atomic E-state index is 0.00988. The van der Waals surface area contributed by atoms with Gasteiger partial charge in [-0.05, 0) is 30.9 Å². The van der Waals surface area contributed by atoms with Crippen LogP contribution < -0.4 is 0 Å². The van der Waals surface area contributed by atoms with Crippen molar-refractivity contribution in [3.05, 3.63) is 17.9 Å². The average Bonchev–Trinajstić information content (AvgIpc) is 3.02. The minimum Gasteiger partial charge on any atom is -0.440 e. The normalized spacial score (nSPS) is 15.6. The molecule has 0 amide bonds. The Morgan fingerprint density at radius 1 is 1.50 bits per heavy atom. The number of carbonyl (C=O) groups is 1. The third-order valence-electron chi connectivity index (χ3n) is 2.74. The lowest BCUT2D eigenvalue weighted by Gasteiger charge is -2.17. The van der Waals surface area contributed by atoms with E-state index in [9.17, 15) is 13.2 Å². The first-order valence-electron chi connectivity index (χ1n) is 5.56. The van der Waals surface area contributed by atoms with Crippen LogP contribution in [0.15, 0.2) is 21.6 Å². The molecule has 1 aliphatic carbocycles. The predicted molar refractivity (Wildman–Crippen MR) is 64.4 cm³/mol. The van der Waals surface area contributed by atoms with Gasteiger partial charge in [-0.25, -0.2) is 8.42 Å². The van der Waals surface area contributed by atoms with E-state index in [1.807, 2.05) is 0 Å². The Kier molecular flexibility index (Phi) is 3.55. The van der Waals surface area contributed by atoms with Crippen molar-refractivity contribution in [1.29, 1.82) is 0 Å². The van der Waals surface area contributed by atoms with Gasteiger partial charge in [0.25, 0.3) is 10.0 Å². The van der Waals surface area contributed by atoms with Crippen LogP contribution in [0, 0.1) is 18.3 Å². The number of carbonyl (C=O) groups excluding carboxylic acids is 1. The molecule has 0 aliphatic heterocycles. The number of nitrogens with zero attached hydrogens (tertiary/aromatic N) is 1. The number of hydrogen-bond donors (Lipinski definition) is 0. The molecular weight excluding hydrogens is 254 g/mol. The van der Waals surface area contributed by atoms with Gasteiger partial charge in [-0.1, -0.05) is 5.92 Å². The average molecular weight is 267 g/mol. The molecule has 1 aliphatic rings. The van der Waals surface area contributed by atoms with E-state index in [0.29, 0.717) is 18.7 Å². The van der Waals surface area contributed by atoms with Crippen LogP contribution >= 0.6 is 0 Å². The number of terminal acetylenes is 1. The molecule has 18 heavy (non-hydrogen) atoms. The fraction of sp³-hybridized carbons (Fsp3) is 0.417. The maximum atomic E-state index is 12.2. The van der Waals surface area contributed by atoms with Gasteiger partial charge in [0, 0.05) is 6.54 Å². The predicted octanol–water partition coefficient (Wildman–Crippen LogP) is 1.13. The molecule has 0 aromatic carbocycles. The Balaban J connectivity index is 2.25. The maximum absolute atomic E-state index is 12.2. The van der Waals surface area contributed by atoms with Crippen molar-refractivity contribution >= 4 is 16.3 Å². The van der Waals surface area contributed by atoms with Crippen LogP contribution in [0.5, 0.6) is 0 Å². The van der Waals surface area contributed by atoms with Gasteiger partial charge in [0.1, 0.15) is 0 Å². The Morgan fingerprint density at radius 3 is 2.72 bits per heavy atom. The van der Waals surface area contributed by atoms with Crippen molar-refractivity contribution in [2.75, 3.05) is 13.1 Å². The lowest BCUT2D eigenvalue weighted by Crippen LogP contribution is -2.33. The molecule has 0 unspecified atom stereocenters. The molecule has 0 spiro atoms. The molecular formula is C12H13NO4S. The molecule has 96 valence electrons. The van der Waals surface area contributed by atoms with Crippen LogP contribution in [0.1, 0.15) is 23.4 Å². The quantitative estimate of drug-likeness (QED) is 0.572. The third-order valence-corrected chi connectivity index (χ3v) is 4.42. The highest BCUT2D eigenvalue weighted by atomic mass is 32.2. The van der Waals surface area contributed by atoms with E-state index < -0.39 is 10.0 Å². The molecule has 6 heteroatoms. The highest BCUT2D eigenvalue weighted by Crippen LogP contribution is 2.31. The van der Waals surface area contributed by atoms with Crippen LogP contribution in [0.4, 0.5) is 0 Å². The van der Waals surface area contributed by atoms with Crippen molar-refractivity contribution in [2.45, 2.75) is 17.9 Å². The van der Waals surface area contributed by atoms with Crippen LogP contribution in [-0.4, -0.2) is 32.1 Å². The zero-order valence-corrected chi connectivity index (χ0v) is 10.5. The molecule has 1 fully saturated rings. The Labute approximate surface area is 106 Å². The second kappa shape index (κ2) is 4.96. The van der Waals surface area contributed by atoms with E-state index in [4.69, 9.17) is 10.8 Å². The van der Waals surface area contributed by atoms with Crippen molar-refractivity contribution in [1.82, 2.24) is 4.31 Å². The van der Waals surface area contributed by atoms with Crippen molar-refractivity contribution < 1.29 is 17.6 Å². The lowest BCUT2D eigenvalue weighted by atomic mass is 10.4. The highest BCUT2D eigenvalue weighted by molar-refractivity contribution is 7.89. The number of aldehydes is 1. The fourth-order valence-electron chi connectivity index (χ4n) is 1.60. The van der Waals surface area contributed by atoms with E-state index in [1.54, 1.807) is 0 Å². The molecule has 1 heterocycles. The SMILES string of the molecule is C#CCN(CC1CC1)S(=O)(=O)c1ccc(C=O)o1. The molecule has 5 nitrogen and oxygen atoms in total. The summed E-state index contributed by atoms with van der Waals surface area (Å²) in [6.07, 6.45) is 7.70. The summed E-state index contributed by atoms with van der Waals surface area (Å²) in [6.45, 7) is 0.416. The fourth-order valence-corrected chi connectivity index (χ4v) is 2.95. The van der Waals surface area contributed by atoms with E-state index in [1.165, 1.54) is 16.4 Å². The van der Waals surface area contributed by atoms with E-state index in [0.717, 1.165) is 12.8 Å². The Hall–Kier alpha value is -1.58. The van der Waals surface area contributed by atoms with Crippen LogP contribution in [0.25, 0.3) is 0 Å². The second-order valence-electron chi connectivity index (χ2n) is 4.22. The first-order valence-corrected chi connectivity index (χ1v) is 7.00. The van der Waals surface area contributed by atoms with E-state index >= 15 is 0 Å². The van der Waals surface area contributed by atoms with Crippen LogP contribution in [0.2, 0.25) is 0 Å². The molecule has 2 rings (SSSR count). The van der Waals surface area contributed by atoms with E-state index in [2.05, 4.69) is 5.92 Å². The summed E-state index contributed by atoms with van der Waals surface area (Å²) in [5.41, 5.74) is 0. The molecule has 1 saturated carbocycles. The largest absolute Gasteiger partial charge is 0.440 e. The molecule has 0 atom stereocenters. The summed E-state index contributed by atoms with van der Waals surface area (Å²) in [5, 5.41) is -0.236. The van der Waals surface area contributed by atoms with Crippen LogP contribution in [-0.2, 0) is 10.0 Å². The Morgan fingerprint density at radius 2 is 2.22 bits per heavy atom. The van der Waals surface area contributed by atoms with Gasteiger partial charge in [-0.2, -0.15) is 4.31 Å². The first-order chi connectivity index (χ1) is 8.57. The molecule has 0 bridgehead atoms. The van der Waals surface area contributed by atoms with Gasteiger partial charge in [-0.15, -0.1) is 6.42 Å². The molecule has 1 aromatic rings. The summed E-state index contributed by atoms with van der Waals surface area (Å²) in [4.78, 5) is 10.5. The number of hydrogen-bond acceptors (Lipinski definition) is 4. The third kappa shape index (κ3) is 2.63. The van der Waals surface area contributed by atoms with E-state index in [-0.39, 0.29) is 17.4 Å². The zero-order chi connectivity index (χ0) is 13.2. The Bertz CT molecular complexity index is 577. The van der Waals surface area contributed by atoms with Crippen molar-refractivity contribution in [3.63, 3.8) is 0 Å². The van der Waals surface area contributed by atoms with Gasteiger partial charge in [0.15, 0.2) is 12.0 Å². The second-order valence-corrected chi connectivity index (χ2v) is 6.09. The molecule has 0 saturated heterocycles. The number of furan rings is 1. The van der Waals surface area contributed by atoms with Gasteiger partial charge in [-0.3, -0.25) is 4.79 Å². The molecule has 0 radical (unpaired) electrons. The lowest BCUT2D eigenvalue weighted by molar-refractivity contribution is 0.109. The molecule has 0 N–H and O–H groups in total. The van der Waals surface area contributed by atoms with Crippen molar-refractivity contribution in [3.8, 4) is 12.3 Å². The summed E-state index contributed by atoms with van der Waals surface area (Å²) in [5.74, 6) is 2.70. The number of sulfonamides is 1. The van der Waals surface area contributed by atoms with Gasteiger partial charge < -0.3 is 4.42 Å². The first kappa shape index (κ1) is 12.9. The maximum Gasteiger partial charge on any atom is 0.277 e. The van der Waals surface area contributed by atoms with Crippen LogP contribution in [0.3, 0.4) is 0 Å². The monoisotopic (exact) mass is 267 g/mol. The van der Waals surface area contributed by atoms with Gasteiger partial charge >= 0.3 is 0 Å². The smallest absolute Gasteiger partial charge is 0.277 e. The zero-order valence-electron chi connectivity index (χ0n) is 9.70. The minimum atomic E-state index is -3.74. The van der Waals surface area contributed by atoms with Crippen molar-refractivity contribution in [2.24, 2.45) is 5.92 Å².